The lowest BCUT2D eigenvalue weighted by atomic mass is 9.73. The summed E-state index contributed by atoms with van der Waals surface area (Å²) in [5.41, 5.74) is 27.0. The third-order valence-corrected chi connectivity index (χ3v) is 16.5. The van der Waals surface area contributed by atoms with E-state index in [1.54, 1.807) is 0 Å². The molecule has 1 atom stereocenters. The summed E-state index contributed by atoms with van der Waals surface area (Å²) < 4.78 is 0. The van der Waals surface area contributed by atoms with Gasteiger partial charge in [-0.15, -0.1) is 0 Å². The molecule has 4 aliphatic carbocycles. The molecule has 0 saturated carbocycles. The van der Waals surface area contributed by atoms with Gasteiger partial charge in [0.2, 0.25) is 0 Å². The molecule has 308 valence electrons. The van der Waals surface area contributed by atoms with Gasteiger partial charge in [-0.1, -0.05) is 204 Å². The Morgan fingerprint density at radius 3 is 1.57 bits per heavy atom. The highest BCUT2D eigenvalue weighted by Gasteiger charge is 2.48. The van der Waals surface area contributed by atoms with Gasteiger partial charge in [0, 0.05) is 16.2 Å². The van der Waals surface area contributed by atoms with Crippen LogP contribution in [0.1, 0.15) is 78.6 Å². The standard InChI is InChI=1S/C65H48/c1-63(2)55-25-13-10-21-50(55)62-51(22-15-27-57(62)63)61-48-20-7-6-19-47(48)60(42-30-32-46-44-18-9-14-26-56(44)65(59(46)38-42)35-34-39-16-5-11-23-53(39)65)49-33-29-40(36-52(49)61)41-28-31-45-43-17-8-12-24-54(43)64(3,4)58(45)37-41/h5-33,36-38H,34-35H2,1-4H3. The van der Waals surface area contributed by atoms with E-state index in [0.717, 1.165) is 12.8 Å². The minimum atomic E-state index is -0.164. The molecule has 0 heteroatoms. The molecule has 0 aliphatic heterocycles. The molecule has 10 aromatic rings. The Morgan fingerprint density at radius 1 is 0.292 bits per heavy atom. The molecular formula is C65H48. The van der Waals surface area contributed by atoms with Gasteiger partial charge in [0.25, 0.3) is 0 Å². The third kappa shape index (κ3) is 4.77. The number of hydrogen-bond acceptors (Lipinski definition) is 0. The first-order valence-electron chi connectivity index (χ1n) is 23.6. The van der Waals surface area contributed by atoms with Gasteiger partial charge in [0.1, 0.15) is 0 Å². The predicted molar refractivity (Wildman–Crippen MR) is 273 cm³/mol. The number of benzene rings is 10. The van der Waals surface area contributed by atoms with Gasteiger partial charge in [-0.2, -0.15) is 0 Å². The van der Waals surface area contributed by atoms with E-state index in [1.807, 2.05) is 0 Å². The van der Waals surface area contributed by atoms with Crippen LogP contribution in [0.3, 0.4) is 0 Å². The molecule has 0 heterocycles. The first kappa shape index (κ1) is 37.1. The van der Waals surface area contributed by atoms with Crippen molar-refractivity contribution < 1.29 is 0 Å². The first-order valence-corrected chi connectivity index (χ1v) is 23.6. The van der Waals surface area contributed by atoms with Crippen LogP contribution >= 0.6 is 0 Å². The smallest absolute Gasteiger partial charge is 0.0469 e. The quantitative estimate of drug-likeness (QED) is 0.156. The van der Waals surface area contributed by atoms with Crippen LogP contribution in [0.15, 0.2) is 194 Å². The van der Waals surface area contributed by atoms with Gasteiger partial charge in [0.05, 0.1) is 0 Å². The normalized spacial score (nSPS) is 17.4. The monoisotopic (exact) mass is 828 g/mol. The molecule has 0 amide bonds. The van der Waals surface area contributed by atoms with E-state index in [1.165, 1.54) is 133 Å². The Bertz CT molecular complexity index is 3720. The Balaban J connectivity index is 1.06. The van der Waals surface area contributed by atoms with Crippen LogP contribution in [0.4, 0.5) is 0 Å². The van der Waals surface area contributed by atoms with Gasteiger partial charge in [-0.25, -0.2) is 0 Å². The van der Waals surface area contributed by atoms with Crippen LogP contribution in [0, 0.1) is 0 Å². The van der Waals surface area contributed by atoms with Crippen LogP contribution in [0.25, 0.3) is 88.3 Å². The molecule has 0 bridgehead atoms. The summed E-state index contributed by atoms with van der Waals surface area (Å²) in [7, 11) is 0. The summed E-state index contributed by atoms with van der Waals surface area (Å²) in [6, 6.07) is 74.9. The van der Waals surface area contributed by atoms with Crippen LogP contribution < -0.4 is 0 Å². The second kappa shape index (κ2) is 12.9. The van der Waals surface area contributed by atoms with Crippen LogP contribution in [-0.4, -0.2) is 0 Å². The second-order valence-electron chi connectivity index (χ2n) is 20.3. The molecule has 0 radical (unpaired) electrons. The summed E-state index contributed by atoms with van der Waals surface area (Å²) in [4.78, 5) is 0. The summed E-state index contributed by atoms with van der Waals surface area (Å²) in [5.74, 6) is 0. The molecule has 4 aliphatic rings. The zero-order chi connectivity index (χ0) is 43.4. The van der Waals surface area contributed by atoms with E-state index < -0.39 is 0 Å². The minimum Gasteiger partial charge on any atom is -0.0620 e. The van der Waals surface area contributed by atoms with Crippen molar-refractivity contribution in [2.45, 2.75) is 56.8 Å². The van der Waals surface area contributed by atoms with Crippen molar-refractivity contribution in [1.82, 2.24) is 0 Å². The van der Waals surface area contributed by atoms with E-state index in [9.17, 15) is 0 Å². The zero-order valence-corrected chi connectivity index (χ0v) is 37.4. The highest BCUT2D eigenvalue weighted by molar-refractivity contribution is 6.23. The second-order valence-corrected chi connectivity index (χ2v) is 20.3. The van der Waals surface area contributed by atoms with Crippen molar-refractivity contribution >= 4 is 21.5 Å². The lowest BCUT2D eigenvalue weighted by Gasteiger charge is -2.29. The SMILES string of the molecule is CC1(C)c2ccccc2-c2ccc(-c3ccc4c(-c5ccc6c(c5)C5(CCc7ccccc75)c5ccccc5-6)c5ccccc5c(-c5cccc6c5-c5ccccc5C6(C)C)c4c3)cc21. The minimum absolute atomic E-state index is 0.0808. The Morgan fingerprint density at radius 2 is 0.785 bits per heavy atom. The molecule has 0 nitrogen and oxygen atoms in total. The summed E-state index contributed by atoms with van der Waals surface area (Å²) in [5, 5.41) is 5.16. The van der Waals surface area contributed by atoms with Crippen molar-refractivity contribution in [1.29, 1.82) is 0 Å². The highest BCUT2D eigenvalue weighted by Crippen LogP contribution is 2.60. The summed E-state index contributed by atoms with van der Waals surface area (Å²) in [6.45, 7) is 9.57. The molecule has 0 saturated heterocycles. The molecule has 0 N–H and O–H groups in total. The van der Waals surface area contributed by atoms with Gasteiger partial charge in [-0.05, 0) is 164 Å². The number of hydrogen-bond donors (Lipinski definition) is 0. The highest BCUT2D eigenvalue weighted by atomic mass is 14.5. The van der Waals surface area contributed by atoms with Crippen LogP contribution in [0.5, 0.6) is 0 Å². The largest absolute Gasteiger partial charge is 0.0620 e. The van der Waals surface area contributed by atoms with E-state index in [0.29, 0.717) is 0 Å². The predicted octanol–water partition coefficient (Wildman–Crippen LogP) is 16.9. The van der Waals surface area contributed by atoms with E-state index in [-0.39, 0.29) is 16.2 Å². The van der Waals surface area contributed by atoms with Crippen LogP contribution in [0.2, 0.25) is 0 Å². The van der Waals surface area contributed by atoms with E-state index in [2.05, 4.69) is 222 Å². The average Bonchev–Trinajstić information content (AvgIpc) is 4.02. The van der Waals surface area contributed by atoms with Gasteiger partial charge in [-0.3, -0.25) is 0 Å². The van der Waals surface area contributed by atoms with Crippen LogP contribution in [-0.2, 0) is 22.7 Å². The van der Waals surface area contributed by atoms with E-state index in [4.69, 9.17) is 0 Å². The molecule has 10 aromatic carbocycles. The fourth-order valence-electron chi connectivity index (χ4n) is 13.5. The maximum atomic E-state index is 2.59. The maximum absolute atomic E-state index is 2.59. The zero-order valence-electron chi connectivity index (χ0n) is 37.4. The Labute approximate surface area is 381 Å². The fraction of sp³-hybridized carbons (Fsp3) is 0.138. The molecule has 0 fully saturated rings. The molecular weight excluding hydrogens is 781 g/mol. The summed E-state index contributed by atoms with van der Waals surface area (Å²) >= 11 is 0. The maximum Gasteiger partial charge on any atom is 0.0469 e. The third-order valence-electron chi connectivity index (χ3n) is 16.5. The van der Waals surface area contributed by atoms with Crippen molar-refractivity contribution in [3.05, 3.63) is 239 Å². The van der Waals surface area contributed by atoms with Crippen molar-refractivity contribution in [3.63, 3.8) is 0 Å². The number of fused-ring (bicyclic) bond motifs is 15. The molecule has 1 unspecified atom stereocenters. The van der Waals surface area contributed by atoms with Crippen molar-refractivity contribution in [2.75, 3.05) is 0 Å². The Kier molecular flexibility index (Phi) is 7.38. The summed E-state index contributed by atoms with van der Waals surface area (Å²) in [6.07, 6.45) is 2.17. The molecule has 14 rings (SSSR count). The average molecular weight is 829 g/mol. The topological polar surface area (TPSA) is 0 Å². The number of rotatable bonds is 3. The van der Waals surface area contributed by atoms with Crippen molar-refractivity contribution in [3.8, 4) is 66.8 Å². The van der Waals surface area contributed by atoms with Gasteiger partial charge < -0.3 is 0 Å². The number of aryl methyl sites for hydroxylation is 1. The molecule has 65 heavy (non-hydrogen) atoms. The van der Waals surface area contributed by atoms with Crippen molar-refractivity contribution in [2.24, 2.45) is 0 Å². The molecule has 0 aromatic heterocycles. The fourth-order valence-corrected chi connectivity index (χ4v) is 13.5. The van der Waals surface area contributed by atoms with Gasteiger partial charge in [0.15, 0.2) is 0 Å². The van der Waals surface area contributed by atoms with E-state index >= 15 is 0 Å². The molecule has 1 spiro atoms. The Hall–Kier alpha value is -7.28. The lowest BCUT2D eigenvalue weighted by molar-refractivity contribution is 0.626. The first-order chi connectivity index (χ1) is 31.7. The lowest BCUT2D eigenvalue weighted by Crippen LogP contribution is -2.23. The van der Waals surface area contributed by atoms with Gasteiger partial charge >= 0.3 is 0 Å².